The van der Waals surface area contributed by atoms with Gasteiger partial charge in [-0.3, -0.25) is 0 Å². The van der Waals surface area contributed by atoms with Crippen molar-refractivity contribution in [3.8, 4) is 0 Å². The van der Waals surface area contributed by atoms with Crippen molar-refractivity contribution in [2.45, 2.75) is 6.92 Å². The number of hydrogen-bond acceptors (Lipinski definition) is 3. The molecule has 0 spiro atoms. The topological polar surface area (TPSA) is 57.1 Å². The van der Waals surface area contributed by atoms with Gasteiger partial charge in [-0.05, 0) is 24.3 Å². The van der Waals surface area contributed by atoms with E-state index in [1.165, 1.54) is 5.82 Å². The average Bonchev–Trinajstić information content (AvgIpc) is 2.71. The molecule has 5 nitrogen and oxygen atoms in total. The Morgan fingerprint density at radius 3 is 2.17 bits per heavy atom. The van der Waals surface area contributed by atoms with Crippen LogP contribution in [-0.2, 0) is 14.1 Å². The van der Waals surface area contributed by atoms with Crippen LogP contribution in [-0.4, -0.2) is 11.6 Å². The number of anilines is 1. The summed E-state index contributed by atoms with van der Waals surface area (Å²) in [6.45, 7) is 2.08. The van der Waals surface area contributed by atoms with Crippen LogP contribution in [0.5, 0.6) is 0 Å². The number of nitrogens with one attached hydrogen (secondary N) is 2. The Morgan fingerprint density at radius 1 is 1.28 bits per heavy atom. The number of aromatic nitrogens is 2. The van der Waals surface area contributed by atoms with Gasteiger partial charge in [-0.2, -0.15) is 5.11 Å². The molecule has 96 valence electrons. The van der Waals surface area contributed by atoms with E-state index in [4.69, 9.17) is 5.53 Å². The normalized spacial score (nSPS) is 9.33. The molecule has 0 aliphatic carbocycles. The average molecular weight is 246 g/mol. The summed E-state index contributed by atoms with van der Waals surface area (Å²) in [4.78, 5) is 0. The van der Waals surface area contributed by atoms with Crippen molar-refractivity contribution in [3.05, 3.63) is 42.5 Å². The van der Waals surface area contributed by atoms with Gasteiger partial charge < -0.3 is 5.32 Å². The lowest BCUT2D eigenvalue weighted by atomic mass is 10.3. The van der Waals surface area contributed by atoms with Crippen molar-refractivity contribution < 1.29 is 4.57 Å². The molecule has 0 amide bonds. The van der Waals surface area contributed by atoms with Crippen LogP contribution in [0.4, 0.5) is 11.4 Å². The number of nitrogens with zero attached hydrogens (tertiary/aromatic N) is 3. The van der Waals surface area contributed by atoms with Crippen molar-refractivity contribution in [2.24, 2.45) is 19.2 Å². The van der Waals surface area contributed by atoms with Crippen LogP contribution in [0.15, 0.2) is 41.8 Å². The summed E-state index contributed by atoms with van der Waals surface area (Å²) in [6, 6.07) is 7.35. The molecule has 0 saturated carbocycles. The predicted octanol–water partition coefficient (Wildman–Crippen LogP) is 2.55. The van der Waals surface area contributed by atoms with Gasteiger partial charge in [-0.1, -0.05) is 0 Å². The van der Waals surface area contributed by atoms with Gasteiger partial charge >= 0.3 is 0 Å². The summed E-state index contributed by atoms with van der Waals surface area (Å²) in [6.07, 6.45) is 4.07. The maximum atomic E-state index is 6.68. The van der Waals surface area contributed by atoms with Crippen LogP contribution >= 0.6 is 0 Å². The lowest BCUT2D eigenvalue weighted by Gasteiger charge is -1.97. The van der Waals surface area contributed by atoms with Gasteiger partial charge in [-0.15, -0.1) is 0 Å². The van der Waals surface area contributed by atoms with Crippen LogP contribution < -0.4 is 9.88 Å². The van der Waals surface area contributed by atoms with E-state index in [1.54, 1.807) is 12.1 Å². The molecule has 0 fully saturated rings. The Kier molecular flexibility index (Phi) is 5.05. The highest BCUT2D eigenvalue weighted by atomic mass is 15.1. The standard InChI is InChI=1S/C7H9N3.C6H11N2/c1-9-6-2-4-7(10-8)5-3-6;1-6-7(2)4-5-8(6)3/h2-5,8-9H,1H3;4-5H,1-3H3/q;+1. The molecule has 1 aromatic heterocycles. The summed E-state index contributed by atoms with van der Waals surface area (Å²) in [5.41, 5.74) is 8.39. The smallest absolute Gasteiger partial charge is 0.252 e. The van der Waals surface area contributed by atoms with Crippen LogP contribution in [0.25, 0.3) is 0 Å². The zero-order valence-corrected chi connectivity index (χ0v) is 11.3. The molecule has 0 unspecified atom stereocenters. The molecular formula is C13H20N5+. The minimum Gasteiger partial charge on any atom is -0.388 e. The summed E-state index contributed by atoms with van der Waals surface area (Å²) in [5.74, 6) is 1.27. The van der Waals surface area contributed by atoms with Crippen molar-refractivity contribution in [3.63, 3.8) is 0 Å². The number of rotatable bonds is 2. The molecular weight excluding hydrogens is 226 g/mol. The van der Waals surface area contributed by atoms with Gasteiger partial charge in [0.1, 0.15) is 12.4 Å². The molecule has 18 heavy (non-hydrogen) atoms. The van der Waals surface area contributed by atoms with E-state index in [1.807, 2.05) is 45.7 Å². The van der Waals surface area contributed by atoms with Crippen LogP contribution in [0, 0.1) is 12.5 Å². The molecule has 2 aromatic rings. The Balaban J connectivity index is 0.000000184. The summed E-state index contributed by atoms with van der Waals surface area (Å²) in [5, 5.41) is 6.24. The van der Waals surface area contributed by atoms with Crippen LogP contribution in [0.2, 0.25) is 0 Å². The third kappa shape index (κ3) is 3.69. The Labute approximate surface area is 108 Å². The number of benzene rings is 1. The highest BCUT2D eigenvalue weighted by Gasteiger charge is 2.00. The van der Waals surface area contributed by atoms with Gasteiger partial charge in [0.25, 0.3) is 5.82 Å². The van der Waals surface area contributed by atoms with Crippen molar-refractivity contribution in [2.75, 3.05) is 12.4 Å². The predicted molar refractivity (Wildman–Crippen MR) is 72.1 cm³/mol. The van der Waals surface area contributed by atoms with E-state index < -0.39 is 0 Å². The van der Waals surface area contributed by atoms with Crippen molar-refractivity contribution >= 4 is 11.4 Å². The second-order valence-electron chi connectivity index (χ2n) is 3.98. The molecule has 0 aliphatic rings. The fourth-order valence-corrected chi connectivity index (χ4v) is 1.37. The van der Waals surface area contributed by atoms with Gasteiger partial charge in [-0.25, -0.2) is 14.7 Å². The second-order valence-corrected chi connectivity index (χ2v) is 3.98. The third-order valence-electron chi connectivity index (χ3n) is 2.82. The van der Waals surface area contributed by atoms with E-state index in [2.05, 4.69) is 26.5 Å². The number of imidazole rings is 1. The quantitative estimate of drug-likeness (QED) is 0.621. The molecule has 2 rings (SSSR count). The third-order valence-corrected chi connectivity index (χ3v) is 2.82. The lowest BCUT2D eigenvalue weighted by Crippen LogP contribution is -2.29. The fourth-order valence-electron chi connectivity index (χ4n) is 1.37. The molecule has 1 aromatic carbocycles. The molecule has 1 heterocycles. The summed E-state index contributed by atoms with van der Waals surface area (Å²) in [7, 11) is 5.93. The summed E-state index contributed by atoms with van der Waals surface area (Å²) >= 11 is 0. The first kappa shape index (κ1) is 13.9. The number of aryl methyl sites for hydroxylation is 2. The van der Waals surface area contributed by atoms with E-state index in [9.17, 15) is 0 Å². The first-order valence-electron chi connectivity index (χ1n) is 5.71. The zero-order chi connectivity index (χ0) is 13.5. The first-order chi connectivity index (χ1) is 8.58. The number of hydrogen-bond donors (Lipinski definition) is 2. The Bertz CT molecular complexity index is 479. The van der Waals surface area contributed by atoms with E-state index in [-0.39, 0.29) is 0 Å². The molecule has 0 bridgehead atoms. The molecule has 0 saturated heterocycles. The molecule has 2 N–H and O–H groups in total. The lowest BCUT2D eigenvalue weighted by molar-refractivity contribution is -0.677. The van der Waals surface area contributed by atoms with E-state index in [0.717, 1.165) is 5.69 Å². The Hall–Kier alpha value is -2.17. The highest BCUT2D eigenvalue weighted by Crippen LogP contribution is 2.14. The van der Waals surface area contributed by atoms with E-state index in [0.29, 0.717) is 5.69 Å². The highest BCUT2D eigenvalue weighted by molar-refractivity contribution is 5.49. The molecule has 5 heteroatoms. The van der Waals surface area contributed by atoms with Gasteiger partial charge in [0.05, 0.1) is 19.8 Å². The van der Waals surface area contributed by atoms with Gasteiger partial charge in [0.2, 0.25) is 0 Å². The zero-order valence-electron chi connectivity index (χ0n) is 11.3. The largest absolute Gasteiger partial charge is 0.388 e. The first-order valence-corrected chi connectivity index (χ1v) is 5.71. The molecule has 0 aliphatic heterocycles. The summed E-state index contributed by atoms with van der Waals surface area (Å²) < 4.78 is 4.17. The van der Waals surface area contributed by atoms with Gasteiger partial charge in [0, 0.05) is 19.7 Å². The maximum absolute atomic E-state index is 6.68. The minimum absolute atomic E-state index is 0.680. The van der Waals surface area contributed by atoms with Crippen LogP contribution in [0.1, 0.15) is 5.82 Å². The van der Waals surface area contributed by atoms with Gasteiger partial charge in [0.15, 0.2) is 0 Å². The van der Waals surface area contributed by atoms with Crippen molar-refractivity contribution in [1.82, 2.24) is 4.57 Å². The van der Waals surface area contributed by atoms with Crippen molar-refractivity contribution in [1.29, 1.82) is 5.53 Å². The van der Waals surface area contributed by atoms with Crippen LogP contribution in [0.3, 0.4) is 0 Å². The van der Waals surface area contributed by atoms with E-state index >= 15 is 0 Å². The SMILES string of the molecule is CNc1ccc(N=N)cc1.Cc1n(C)cc[n+]1C. The second kappa shape index (κ2) is 6.54. The minimum atomic E-state index is 0.680. The molecule has 0 radical (unpaired) electrons. The molecule has 0 atom stereocenters. The maximum Gasteiger partial charge on any atom is 0.252 e. The Morgan fingerprint density at radius 2 is 1.89 bits per heavy atom. The monoisotopic (exact) mass is 246 g/mol. The fraction of sp³-hybridized carbons (Fsp3) is 0.308.